The minimum absolute atomic E-state index is 0.209. The molecular formula is C13H11ClN2S2. The number of anilines is 1. The molecular weight excluding hydrogens is 284 g/mol. The average Bonchev–Trinajstić information content (AvgIpc) is 2.97. The highest BCUT2D eigenvalue weighted by Crippen LogP contribution is 2.31. The number of halogens is 1. The number of fused-ring (bicyclic) bond motifs is 1. The number of pyridine rings is 1. The van der Waals surface area contributed by atoms with Crippen LogP contribution in [0, 0.1) is 0 Å². The summed E-state index contributed by atoms with van der Waals surface area (Å²) in [6.45, 7) is 2.12. The fourth-order valence-corrected chi connectivity index (χ4v) is 3.69. The van der Waals surface area contributed by atoms with Gasteiger partial charge in [0.1, 0.15) is 5.82 Å². The van der Waals surface area contributed by atoms with Gasteiger partial charge in [-0.2, -0.15) is 0 Å². The van der Waals surface area contributed by atoms with E-state index in [9.17, 15) is 0 Å². The number of rotatable bonds is 3. The SMILES string of the molecule is CC(Nc1nccc2sccc12)c1ccc(Cl)s1. The van der Waals surface area contributed by atoms with Crippen molar-refractivity contribution in [1.29, 1.82) is 0 Å². The lowest BCUT2D eigenvalue weighted by Gasteiger charge is -2.13. The minimum atomic E-state index is 0.209. The normalized spacial score (nSPS) is 12.8. The van der Waals surface area contributed by atoms with Gasteiger partial charge in [0.2, 0.25) is 0 Å². The average molecular weight is 295 g/mol. The summed E-state index contributed by atoms with van der Waals surface area (Å²) in [5.74, 6) is 0.936. The maximum absolute atomic E-state index is 5.96. The Morgan fingerprint density at radius 2 is 2.17 bits per heavy atom. The number of hydrogen-bond donors (Lipinski definition) is 1. The summed E-state index contributed by atoms with van der Waals surface area (Å²) < 4.78 is 2.07. The highest BCUT2D eigenvalue weighted by atomic mass is 35.5. The van der Waals surface area contributed by atoms with E-state index in [2.05, 4.69) is 34.7 Å². The van der Waals surface area contributed by atoms with Crippen molar-refractivity contribution in [1.82, 2.24) is 4.98 Å². The number of hydrogen-bond acceptors (Lipinski definition) is 4. The van der Waals surface area contributed by atoms with Crippen molar-refractivity contribution in [2.45, 2.75) is 13.0 Å². The van der Waals surface area contributed by atoms with Crippen molar-refractivity contribution in [2.75, 3.05) is 5.32 Å². The number of aromatic nitrogens is 1. The zero-order valence-corrected chi connectivity index (χ0v) is 12.1. The van der Waals surface area contributed by atoms with Crippen LogP contribution in [-0.4, -0.2) is 4.98 Å². The molecule has 0 spiro atoms. The molecule has 5 heteroatoms. The number of thiophene rings is 2. The maximum atomic E-state index is 5.96. The van der Waals surface area contributed by atoms with E-state index in [0.717, 1.165) is 10.2 Å². The molecule has 1 N–H and O–H groups in total. The molecule has 3 aromatic rings. The van der Waals surface area contributed by atoms with Gasteiger partial charge < -0.3 is 5.32 Å². The molecule has 3 rings (SSSR count). The lowest BCUT2D eigenvalue weighted by Crippen LogP contribution is -2.06. The van der Waals surface area contributed by atoms with Crippen LogP contribution in [0.15, 0.2) is 35.8 Å². The molecule has 0 bridgehead atoms. The van der Waals surface area contributed by atoms with Gasteiger partial charge in [-0.3, -0.25) is 0 Å². The summed E-state index contributed by atoms with van der Waals surface area (Å²) in [4.78, 5) is 5.64. The fourth-order valence-electron chi connectivity index (χ4n) is 1.85. The topological polar surface area (TPSA) is 24.9 Å². The van der Waals surface area contributed by atoms with Gasteiger partial charge in [-0.25, -0.2) is 4.98 Å². The zero-order valence-electron chi connectivity index (χ0n) is 9.68. The molecule has 0 saturated carbocycles. The lowest BCUT2D eigenvalue weighted by molar-refractivity contribution is 0.900. The summed E-state index contributed by atoms with van der Waals surface area (Å²) in [5.41, 5.74) is 0. The second kappa shape index (κ2) is 4.88. The van der Waals surface area contributed by atoms with Crippen molar-refractivity contribution >= 4 is 50.2 Å². The van der Waals surface area contributed by atoms with Gasteiger partial charge in [-0.1, -0.05) is 11.6 Å². The molecule has 92 valence electrons. The Morgan fingerprint density at radius 3 is 2.94 bits per heavy atom. The molecule has 0 saturated heterocycles. The third kappa shape index (κ3) is 2.23. The van der Waals surface area contributed by atoms with Crippen molar-refractivity contribution in [2.24, 2.45) is 0 Å². The molecule has 1 atom stereocenters. The van der Waals surface area contributed by atoms with Gasteiger partial charge in [0, 0.05) is 21.2 Å². The molecule has 0 aliphatic heterocycles. The van der Waals surface area contributed by atoms with Crippen molar-refractivity contribution in [3.05, 3.63) is 45.1 Å². The molecule has 1 unspecified atom stereocenters. The van der Waals surface area contributed by atoms with Gasteiger partial charge in [-0.15, -0.1) is 22.7 Å². The van der Waals surface area contributed by atoms with Crippen LogP contribution in [0.5, 0.6) is 0 Å². The van der Waals surface area contributed by atoms with E-state index in [1.54, 1.807) is 22.7 Å². The maximum Gasteiger partial charge on any atom is 0.135 e. The van der Waals surface area contributed by atoms with E-state index in [-0.39, 0.29) is 6.04 Å². The van der Waals surface area contributed by atoms with Crippen LogP contribution >= 0.6 is 34.3 Å². The first-order chi connectivity index (χ1) is 8.74. The van der Waals surface area contributed by atoms with Crippen LogP contribution in [0.2, 0.25) is 4.34 Å². The van der Waals surface area contributed by atoms with Gasteiger partial charge in [0.05, 0.1) is 10.4 Å². The summed E-state index contributed by atoms with van der Waals surface area (Å²) >= 11 is 9.29. The van der Waals surface area contributed by atoms with E-state index < -0.39 is 0 Å². The zero-order chi connectivity index (χ0) is 12.5. The smallest absolute Gasteiger partial charge is 0.135 e. The largest absolute Gasteiger partial charge is 0.362 e. The molecule has 0 amide bonds. The van der Waals surface area contributed by atoms with E-state index >= 15 is 0 Å². The predicted octanol–water partition coefficient (Wildman–Crippen LogP) is 5.18. The van der Waals surface area contributed by atoms with Crippen LogP contribution in [0.4, 0.5) is 5.82 Å². The van der Waals surface area contributed by atoms with Gasteiger partial charge in [0.15, 0.2) is 0 Å². The van der Waals surface area contributed by atoms with Gasteiger partial charge in [-0.05, 0) is 36.6 Å². The van der Waals surface area contributed by atoms with Crippen molar-refractivity contribution in [3.8, 4) is 0 Å². The molecule has 18 heavy (non-hydrogen) atoms. The van der Waals surface area contributed by atoms with Gasteiger partial charge >= 0.3 is 0 Å². The first kappa shape index (κ1) is 12.0. The second-order valence-corrected chi connectivity index (χ2v) is 6.69. The number of nitrogens with one attached hydrogen (secondary N) is 1. The quantitative estimate of drug-likeness (QED) is 0.719. The van der Waals surface area contributed by atoms with E-state index in [0.29, 0.717) is 0 Å². The molecule has 0 fully saturated rings. The number of nitrogens with zero attached hydrogens (tertiary/aromatic N) is 1. The van der Waals surface area contributed by atoms with Crippen LogP contribution in [0.25, 0.3) is 10.1 Å². The van der Waals surface area contributed by atoms with Crippen LogP contribution in [0.3, 0.4) is 0 Å². The van der Waals surface area contributed by atoms with E-state index in [4.69, 9.17) is 11.6 Å². The Kier molecular flexibility index (Phi) is 3.24. The van der Waals surface area contributed by atoms with Crippen LogP contribution in [0.1, 0.15) is 17.8 Å². The standard InChI is InChI=1S/C13H11ClN2S2/c1-8(10-2-3-12(14)18-10)16-13-9-5-7-17-11(9)4-6-15-13/h2-8H,1H3,(H,15,16). The molecule has 0 aliphatic rings. The summed E-state index contributed by atoms with van der Waals surface area (Å²) in [5, 5.41) is 6.71. The first-order valence-electron chi connectivity index (χ1n) is 5.58. The Morgan fingerprint density at radius 1 is 1.28 bits per heavy atom. The van der Waals surface area contributed by atoms with Crippen molar-refractivity contribution < 1.29 is 0 Å². The Bertz CT molecular complexity index is 674. The minimum Gasteiger partial charge on any atom is -0.362 e. The molecule has 0 aliphatic carbocycles. The monoisotopic (exact) mass is 294 g/mol. The third-order valence-corrected chi connectivity index (χ3v) is 5.05. The third-order valence-electron chi connectivity index (χ3n) is 2.75. The first-order valence-corrected chi connectivity index (χ1v) is 7.65. The van der Waals surface area contributed by atoms with Crippen LogP contribution < -0.4 is 5.32 Å². The molecule has 0 radical (unpaired) electrons. The lowest BCUT2D eigenvalue weighted by atomic mass is 10.2. The Labute approximate surface area is 118 Å². The Balaban J connectivity index is 1.90. The summed E-state index contributed by atoms with van der Waals surface area (Å²) in [7, 11) is 0. The van der Waals surface area contributed by atoms with Crippen molar-refractivity contribution in [3.63, 3.8) is 0 Å². The van der Waals surface area contributed by atoms with Crippen LogP contribution in [-0.2, 0) is 0 Å². The molecule has 3 aromatic heterocycles. The highest BCUT2D eigenvalue weighted by molar-refractivity contribution is 7.17. The Hall–Kier alpha value is -1.10. The van der Waals surface area contributed by atoms with Gasteiger partial charge in [0.25, 0.3) is 0 Å². The van der Waals surface area contributed by atoms with E-state index in [1.807, 2.05) is 18.3 Å². The van der Waals surface area contributed by atoms with E-state index in [1.165, 1.54) is 15.0 Å². The molecule has 0 aromatic carbocycles. The highest BCUT2D eigenvalue weighted by Gasteiger charge is 2.11. The fraction of sp³-hybridized carbons (Fsp3) is 0.154. The summed E-state index contributed by atoms with van der Waals surface area (Å²) in [6.07, 6.45) is 1.84. The molecule has 3 heterocycles. The second-order valence-electron chi connectivity index (χ2n) is 4.00. The summed E-state index contributed by atoms with van der Waals surface area (Å²) in [6, 6.07) is 8.33. The predicted molar refractivity (Wildman–Crippen MR) is 81.0 cm³/mol. The molecule has 2 nitrogen and oxygen atoms in total.